The first-order valence-electron chi connectivity index (χ1n) is 4.97. The van der Waals surface area contributed by atoms with Crippen LogP contribution in [0.3, 0.4) is 0 Å². The van der Waals surface area contributed by atoms with Crippen molar-refractivity contribution < 1.29 is 9.13 Å². The standard InChI is InChI=1S/C13H9BrClFO/c14-11-6-5-10(16)7-13(11)17-12-4-2-1-3-9(12)8-15/h1-7H,8H2. The van der Waals surface area contributed by atoms with Gasteiger partial charge in [0.2, 0.25) is 0 Å². The fraction of sp³-hybridized carbons (Fsp3) is 0.0769. The Morgan fingerprint density at radius 1 is 1.12 bits per heavy atom. The van der Waals surface area contributed by atoms with Crippen molar-refractivity contribution in [3.8, 4) is 11.5 Å². The van der Waals surface area contributed by atoms with Crippen LogP contribution in [0.4, 0.5) is 4.39 Å². The molecule has 0 amide bonds. The summed E-state index contributed by atoms with van der Waals surface area (Å²) in [5.41, 5.74) is 0.866. The predicted molar refractivity (Wildman–Crippen MR) is 70.2 cm³/mol. The molecule has 0 aliphatic carbocycles. The summed E-state index contributed by atoms with van der Waals surface area (Å²) in [5.74, 6) is 1.08. The lowest BCUT2D eigenvalue weighted by Gasteiger charge is -2.10. The molecule has 0 N–H and O–H groups in total. The average Bonchev–Trinajstić information content (AvgIpc) is 2.34. The molecule has 0 bridgehead atoms. The van der Waals surface area contributed by atoms with Crippen molar-refractivity contribution >= 4 is 27.5 Å². The highest BCUT2D eigenvalue weighted by Crippen LogP contribution is 2.32. The molecule has 0 atom stereocenters. The minimum Gasteiger partial charge on any atom is -0.456 e. The van der Waals surface area contributed by atoms with Crippen LogP contribution in [0.2, 0.25) is 0 Å². The summed E-state index contributed by atoms with van der Waals surface area (Å²) in [4.78, 5) is 0. The van der Waals surface area contributed by atoms with E-state index in [2.05, 4.69) is 15.9 Å². The second kappa shape index (κ2) is 5.52. The number of hydrogen-bond acceptors (Lipinski definition) is 1. The first-order valence-corrected chi connectivity index (χ1v) is 6.30. The first kappa shape index (κ1) is 12.4. The summed E-state index contributed by atoms with van der Waals surface area (Å²) in [6.45, 7) is 0. The molecule has 2 rings (SSSR count). The van der Waals surface area contributed by atoms with Crippen LogP contribution in [0.15, 0.2) is 46.9 Å². The molecule has 88 valence electrons. The van der Waals surface area contributed by atoms with Crippen LogP contribution in [-0.4, -0.2) is 0 Å². The van der Waals surface area contributed by atoms with E-state index in [0.29, 0.717) is 21.9 Å². The van der Waals surface area contributed by atoms with Crippen LogP contribution in [0.1, 0.15) is 5.56 Å². The van der Waals surface area contributed by atoms with Gasteiger partial charge in [0.1, 0.15) is 17.3 Å². The molecule has 17 heavy (non-hydrogen) atoms. The summed E-state index contributed by atoms with van der Waals surface area (Å²) in [6.07, 6.45) is 0. The van der Waals surface area contributed by atoms with Crippen molar-refractivity contribution in [3.63, 3.8) is 0 Å². The maximum absolute atomic E-state index is 13.1. The van der Waals surface area contributed by atoms with Gasteiger partial charge >= 0.3 is 0 Å². The average molecular weight is 316 g/mol. The maximum Gasteiger partial charge on any atom is 0.144 e. The monoisotopic (exact) mass is 314 g/mol. The zero-order chi connectivity index (χ0) is 12.3. The van der Waals surface area contributed by atoms with Gasteiger partial charge in [0.25, 0.3) is 0 Å². The summed E-state index contributed by atoms with van der Waals surface area (Å²) in [7, 11) is 0. The summed E-state index contributed by atoms with van der Waals surface area (Å²) < 4.78 is 19.4. The Bertz CT molecular complexity index is 531. The van der Waals surface area contributed by atoms with E-state index in [9.17, 15) is 4.39 Å². The maximum atomic E-state index is 13.1. The molecule has 0 unspecified atom stereocenters. The van der Waals surface area contributed by atoms with Crippen LogP contribution in [0.25, 0.3) is 0 Å². The van der Waals surface area contributed by atoms with E-state index in [1.165, 1.54) is 12.1 Å². The molecule has 0 aliphatic heterocycles. The number of ether oxygens (including phenoxy) is 1. The van der Waals surface area contributed by atoms with E-state index in [1.807, 2.05) is 18.2 Å². The summed E-state index contributed by atoms with van der Waals surface area (Å²) >= 11 is 9.11. The number of alkyl halides is 1. The number of rotatable bonds is 3. The largest absolute Gasteiger partial charge is 0.456 e. The van der Waals surface area contributed by atoms with E-state index >= 15 is 0 Å². The Labute approximate surface area is 112 Å². The van der Waals surface area contributed by atoms with Crippen molar-refractivity contribution in [2.45, 2.75) is 5.88 Å². The van der Waals surface area contributed by atoms with Crippen LogP contribution in [0, 0.1) is 5.82 Å². The van der Waals surface area contributed by atoms with E-state index in [1.54, 1.807) is 12.1 Å². The van der Waals surface area contributed by atoms with Gasteiger partial charge in [-0.3, -0.25) is 0 Å². The summed E-state index contributed by atoms with van der Waals surface area (Å²) in [5, 5.41) is 0. The Morgan fingerprint density at radius 3 is 2.65 bits per heavy atom. The minimum absolute atomic E-state index is 0.341. The second-order valence-corrected chi connectivity index (χ2v) is 4.54. The van der Waals surface area contributed by atoms with Crippen LogP contribution >= 0.6 is 27.5 Å². The van der Waals surface area contributed by atoms with Gasteiger partial charge in [-0.25, -0.2) is 4.39 Å². The molecule has 0 radical (unpaired) electrons. The molecule has 0 saturated heterocycles. The molecule has 0 aliphatic rings. The van der Waals surface area contributed by atoms with Gasteiger partial charge in [0.05, 0.1) is 10.4 Å². The topological polar surface area (TPSA) is 9.23 Å². The lowest BCUT2D eigenvalue weighted by molar-refractivity contribution is 0.469. The lowest BCUT2D eigenvalue weighted by atomic mass is 10.2. The normalized spacial score (nSPS) is 10.3. The molecular formula is C13H9BrClFO. The van der Waals surface area contributed by atoms with Crippen molar-refractivity contribution in [2.75, 3.05) is 0 Å². The Kier molecular flexibility index (Phi) is 4.02. The van der Waals surface area contributed by atoms with Crippen molar-refractivity contribution in [1.82, 2.24) is 0 Å². The fourth-order valence-corrected chi connectivity index (χ4v) is 1.94. The van der Waals surface area contributed by atoms with E-state index < -0.39 is 0 Å². The molecule has 0 heterocycles. The van der Waals surface area contributed by atoms with Crippen LogP contribution < -0.4 is 4.74 Å². The second-order valence-electron chi connectivity index (χ2n) is 3.42. The molecular weight excluding hydrogens is 306 g/mol. The van der Waals surface area contributed by atoms with E-state index in [4.69, 9.17) is 16.3 Å². The van der Waals surface area contributed by atoms with Crippen molar-refractivity contribution in [2.24, 2.45) is 0 Å². The van der Waals surface area contributed by atoms with Crippen LogP contribution in [-0.2, 0) is 5.88 Å². The third kappa shape index (κ3) is 2.99. The Morgan fingerprint density at radius 2 is 1.88 bits per heavy atom. The number of halogens is 3. The van der Waals surface area contributed by atoms with Gasteiger partial charge in [-0.05, 0) is 34.1 Å². The van der Waals surface area contributed by atoms with E-state index in [0.717, 1.165) is 5.56 Å². The van der Waals surface area contributed by atoms with E-state index in [-0.39, 0.29) is 5.82 Å². The SMILES string of the molecule is Fc1ccc(Br)c(Oc2ccccc2CCl)c1. The molecule has 0 spiro atoms. The van der Waals surface area contributed by atoms with Crippen molar-refractivity contribution in [1.29, 1.82) is 0 Å². The molecule has 0 saturated carbocycles. The smallest absolute Gasteiger partial charge is 0.144 e. The van der Waals surface area contributed by atoms with Crippen LogP contribution in [0.5, 0.6) is 11.5 Å². The third-order valence-corrected chi connectivity index (χ3v) is 3.17. The van der Waals surface area contributed by atoms with Crippen molar-refractivity contribution in [3.05, 3.63) is 58.3 Å². The minimum atomic E-state index is -0.341. The summed E-state index contributed by atoms with van der Waals surface area (Å²) in [6, 6.07) is 11.7. The molecule has 2 aromatic rings. The van der Waals surface area contributed by atoms with Gasteiger partial charge in [-0.1, -0.05) is 18.2 Å². The first-order chi connectivity index (χ1) is 8.20. The molecule has 0 aromatic heterocycles. The zero-order valence-corrected chi connectivity index (χ0v) is 11.1. The predicted octanol–water partition coefficient (Wildman–Crippen LogP) is 5.12. The Hall–Kier alpha value is -1.06. The number of hydrogen-bond donors (Lipinski definition) is 0. The lowest BCUT2D eigenvalue weighted by Crippen LogP contribution is -1.90. The fourth-order valence-electron chi connectivity index (χ4n) is 1.39. The highest BCUT2D eigenvalue weighted by Gasteiger charge is 2.07. The number of para-hydroxylation sites is 1. The quantitative estimate of drug-likeness (QED) is 0.714. The molecule has 4 heteroatoms. The van der Waals surface area contributed by atoms with Gasteiger partial charge < -0.3 is 4.74 Å². The highest BCUT2D eigenvalue weighted by molar-refractivity contribution is 9.10. The molecule has 1 nitrogen and oxygen atoms in total. The third-order valence-electron chi connectivity index (χ3n) is 2.23. The Balaban J connectivity index is 2.34. The van der Waals surface area contributed by atoms with Gasteiger partial charge in [0.15, 0.2) is 0 Å². The van der Waals surface area contributed by atoms with Gasteiger partial charge in [-0.15, -0.1) is 11.6 Å². The number of benzene rings is 2. The molecule has 0 fully saturated rings. The highest BCUT2D eigenvalue weighted by atomic mass is 79.9. The van der Waals surface area contributed by atoms with Gasteiger partial charge in [0, 0.05) is 11.6 Å². The van der Waals surface area contributed by atoms with Gasteiger partial charge in [-0.2, -0.15) is 0 Å². The molecule has 2 aromatic carbocycles. The zero-order valence-electron chi connectivity index (χ0n) is 8.79.